The first-order valence-corrected chi connectivity index (χ1v) is 9.16. The standard InChI is InChI=1S/C22H15N5O3/c28-22(19-14-15-4-1-2-5-18(15)30-19)24-16-6-8-17(9-7-16)29-21-11-10-20(25-26-21)27-13-3-12-23-27/h1-14H,(H,24,28). The Morgan fingerprint density at radius 2 is 1.83 bits per heavy atom. The van der Waals surface area contributed by atoms with Crippen LogP contribution in [-0.2, 0) is 0 Å². The first-order valence-electron chi connectivity index (χ1n) is 9.16. The van der Waals surface area contributed by atoms with Gasteiger partial charge >= 0.3 is 0 Å². The van der Waals surface area contributed by atoms with Gasteiger partial charge in [0.15, 0.2) is 11.6 Å². The summed E-state index contributed by atoms with van der Waals surface area (Å²) in [6, 6.07) is 21.4. The van der Waals surface area contributed by atoms with Crippen molar-refractivity contribution < 1.29 is 13.9 Å². The summed E-state index contributed by atoms with van der Waals surface area (Å²) in [5.41, 5.74) is 1.29. The number of nitrogens with zero attached hydrogens (tertiary/aromatic N) is 4. The highest BCUT2D eigenvalue weighted by Gasteiger charge is 2.12. The predicted octanol–water partition coefficient (Wildman–Crippen LogP) is 4.45. The Bertz CT molecular complexity index is 1260. The van der Waals surface area contributed by atoms with Crippen LogP contribution in [0.25, 0.3) is 16.8 Å². The molecule has 0 aliphatic rings. The summed E-state index contributed by atoms with van der Waals surface area (Å²) >= 11 is 0. The summed E-state index contributed by atoms with van der Waals surface area (Å²) in [7, 11) is 0. The van der Waals surface area contributed by atoms with Crippen LogP contribution < -0.4 is 10.1 Å². The fourth-order valence-electron chi connectivity index (χ4n) is 2.91. The van der Waals surface area contributed by atoms with Crippen molar-refractivity contribution in [2.45, 2.75) is 0 Å². The van der Waals surface area contributed by atoms with Gasteiger partial charge in [-0.1, -0.05) is 18.2 Å². The Hall–Kier alpha value is -4.46. The van der Waals surface area contributed by atoms with E-state index in [-0.39, 0.29) is 11.7 Å². The SMILES string of the molecule is O=C(Nc1ccc(Oc2ccc(-n3cccn3)nn2)cc1)c1cc2ccccc2o1. The Balaban J connectivity index is 1.24. The molecule has 8 nitrogen and oxygen atoms in total. The number of carbonyl (C=O) groups is 1. The van der Waals surface area contributed by atoms with Gasteiger partial charge in [0.05, 0.1) is 0 Å². The number of hydrogen-bond acceptors (Lipinski definition) is 6. The van der Waals surface area contributed by atoms with Crippen molar-refractivity contribution in [2.75, 3.05) is 5.32 Å². The van der Waals surface area contributed by atoms with Crippen molar-refractivity contribution in [1.82, 2.24) is 20.0 Å². The van der Waals surface area contributed by atoms with E-state index in [1.807, 2.05) is 24.3 Å². The molecule has 5 aromatic rings. The monoisotopic (exact) mass is 397 g/mol. The van der Waals surface area contributed by atoms with Crippen LogP contribution in [0.5, 0.6) is 11.6 Å². The van der Waals surface area contributed by atoms with Crippen LogP contribution in [0.15, 0.2) is 89.6 Å². The number of benzene rings is 2. The fourth-order valence-corrected chi connectivity index (χ4v) is 2.91. The average molecular weight is 397 g/mol. The van der Waals surface area contributed by atoms with Gasteiger partial charge in [-0.05, 0) is 48.5 Å². The van der Waals surface area contributed by atoms with Crippen LogP contribution in [0.1, 0.15) is 10.6 Å². The minimum Gasteiger partial charge on any atom is -0.451 e. The molecule has 3 heterocycles. The molecule has 0 unspecified atom stereocenters. The summed E-state index contributed by atoms with van der Waals surface area (Å²) < 4.78 is 12.9. The van der Waals surface area contributed by atoms with Crippen LogP contribution in [0.4, 0.5) is 5.69 Å². The Morgan fingerprint density at radius 1 is 0.967 bits per heavy atom. The summed E-state index contributed by atoms with van der Waals surface area (Å²) in [6.07, 6.45) is 3.45. The normalized spacial score (nSPS) is 10.8. The molecule has 0 atom stereocenters. The van der Waals surface area contributed by atoms with E-state index < -0.39 is 0 Å². The molecule has 146 valence electrons. The minimum atomic E-state index is -0.319. The lowest BCUT2D eigenvalue weighted by atomic mass is 10.2. The van der Waals surface area contributed by atoms with Crippen LogP contribution in [0.2, 0.25) is 0 Å². The van der Waals surface area contributed by atoms with Gasteiger partial charge in [-0.25, -0.2) is 4.68 Å². The van der Waals surface area contributed by atoms with Gasteiger partial charge in [0.2, 0.25) is 5.88 Å². The summed E-state index contributed by atoms with van der Waals surface area (Å²) in [5.74, 6) is 1.45. The van der Waals surface area contributed by atoms with Crippen LogP contribution in [0.3, 0.4) is 0 Å². The number of nitrogens with one attached hydrogen (secondary N) is 1. The van der Waals surface area contributed by atoms with Crippen LogP contribution >= 0.6 is 0 Å². The molecule has 0 radical (unpaired) electrons. The van der Waals surface area contributed by atoms with E-state index in [4.69, 9.17) is 9.15 Å². The lowest BCUT2D eigenvalue weighted by Crippen LogP contribution is -2.10. The predicted molar refractivity (Wildman–Crippen MR) is 110 cm³/mol. The van der Waals surface area contributed by atoms with Crippen molar-refractivity contribution in [3.63, 3.8) is 0 Å². The molecule has 0 aliphatic heterocycles. The number of para-hydroxylation sites is 1. The summed E-state index contributed by atoms with van der Waals surface area (Å²) in [4.78, 5) is 12.4. The highest BCUT2D eigenvalue weighted by Crippen LogP contribution is 2.23. The van der Waals surface area contributed by atoms with Crippen molar-refractivity contribution in [1.29, 1.82) is 0 Å². The van der Waals surface area contributed by atoms with Gasteiger partial charge in [-0.3, -0.25) is 4.79 Å². The topological polar surface area (TPSA) is 95.1 Å². The highest BCUT2D eigenvalue weighted by molar-refractivity contribution is 6.04. The first-order chi connectivity index (χ1) is 14.7. The molecular formula is C22H15N5O3. The lowest BCUT2D eigenvalue weighted by Gasteiger charge is -2.07. The number of amides is 1. The average Bonchev–Trinajstić information content (AvgIpc) is 3.46. The van der Waals surface area contributed by atoms with Crippen molar-refractivity contribution in [2.24, 2.45) is 0 Å². The summed E-state index contributed by atoms with van der Waals surface area (Å²) in [6.45, 7) is 0. The van der Waals surface area contributed by atoms with E-state index in [0.717, 1.165) is 5.39 Å². The minimum absolute atomic E-state index is 0.254. The fraction of sp³-hybridized carbons (Fsp3) is 0. The van der Waals surface area contributed by atoms with E-state index >= 15 is 0 Å². The highest BCUT2D eigenvalue weighted by atomic mass is 16.5. The molecule has 0 saturated heterocycles. The Kier molecular flexibility index (Phi) is 4.41. The molecule has 0 fully saturated rings. The molecule has 5 rings (SSSR count). The van der Waals surface area contributed by atoms with E-state index in [1.165, 1.54) is 0 Å². The van der Waals surface area contributed by atoms with Gasteiger partial charge in [0.1, 0.15) is 11.3 Å². The van der Waals surface area contributed by atoms with Crippen LogP contribution in [0, 0.1) is 0 Å². The van der Waals surface area contributed by atoms with E-state index in [0.29, 0.717) is 28.7 Å². The third-order valence-corrected chi connectivity index (χ3v) is 4.35. The van der Waals surface area contributed by atoms with E-state index in [1.54, 1.807) is 65.6 Å². The molecule has 1 amide bonds. The first kappa shape index (κ1) is 17.6. The maximum Gasteiger partial charge on any atom is 0.291 e. The molecule has 0 aliphatic carbocycles. The molecule has 0 bridgehead atoms. The molecule has 3 aromatic heterocycles. The molecular weight excluding hydrogens is 382 g/mol. The number of aromatic nitrogens is 4. The third-order valence-electron chi connectivity index (χ3n) is 4.35. The Morgan fingerprint density at radius 3 is 2.57 bits per heavy atom. The number of rotatable bonds is 5. The summed E-state index contributed by atoms with van der Waals surface area (Å²) in [5, 5.41) is 15.9. The molecule has 1 N–H and O–H groups in total. The van der Waals surface area contributed by atoms with Gasteiger partial charge in [-0.15, -0.1) is 10.2 Å². The number of hydrogen-bond donors (Lipinski definition) is 1. The third kappa shape index (κ3) is 3.61. The van der Waals surface area contributed by atoms with Crippen molar-refractivity contribution in [3.8, 4) is 17.4 Å². The van der Waals surface area contributed by atoms with Gasteiger partial charge < -0.3 is 14.5 Å². The lowest BCUT2D eigenvalue weighted by molar-refractivity contribution is 0.0998. The Labute approximate surface area is 170 Å². The number of ether oxygens (including phenoxy) is 1. The van der Waals surface area contributed by atoms with Crippen molar-refractivity contribution >= 4 is 22.6 Å². The maximum absolute atomic E-state index is 12.4. The second-order valence-corrected chi connectivity index (χ2v) is 6.41. The van der Waals surface area contributed by atoms with Crippen molar-refractivity contribution in [3.05, 3.63) is 91.0 Å². The zero-order valence-electron chi connectivity index (χ0n) is 15.6. The zero-order chi connectivity index (χ0) is 20.3. The quantitative estimate of drug-likeness (QED) is 0.471. The smallest absolute Gasteiger partial charge is 0.291 e. The molecule has 0 saturated carbocycles. The van der Waals surface area contributed by atoms with Gasteiger partial charge in [0.25, 0.3) is 5.91 Å². The molecule has 30 heavy (non-hydrogen) atoms. The zero-order valence-corrected chi connectivity index (χ0v) is 15.6. The van der Waals surface area contributed by atoms with E-state index in [9.17, 15) is 4.79 Å². The second kappa shape index (κ2) is 7.51. The molecule has 2 aromatic carbocycles. The molecule has 0 spiro atoms. The van der Waals surface area contributed by atoms with E-state index in [2.05, 4.69) is 20.6 Å². The van der Waals surface area contributed by atoms with Gasteiger partial charge in [-0.2, -0.15) is 5.10 Å². The maximum atomic E-state index is 12.4. The number of anilines is 1. The molecule has 8 heteroatoms. The number of fused-ring (bicyclic) bond motifs is 1. The largest absolute Gasteiger partial charge is 0.451 e. The van der Waals surface area contributed by atoms with Gasteiger partial charge in [0, 0.05) is 29.5 Å². The van der Waals surface area contributed by atoms with Crippen LogP contribution in [-0.4, -0.2) is 25.9 Å². The second-order valence-electron chi connectivity index (χ2n) is 6.41. The number of furan rings is 1. The number of carbonyl (C=O) groups excluding carboxylic acids is 1.